The van der Waals surface area contributed by atoms with Gasteiger partial charge in [-0.2, -0.15) is 0 Å². The number of rotatable bonds is 4. The second kappa shape index (κ2) is 5.85. The molecule has 0 aliphatic carbocycles. The van der Waals surface area contributed by atoms with E-state index in [2.05, 4.69) is 4.90 Å². The summed E-state index contributed by atoms with van der Waals surface area (Å²) in [5.41, 5.74) is 1.38. The molecular formula is C16H22N2O3. The van der Waals surface area contributed by atoms with Crippen molar-refractivity contribution in [2.75, 3.05) is 20.1 Å². The molecule has 1 saturated heterocycles. The number of likely N-dealkylation sites (N-methyl/N-ethyl adjacent to an activating group) is 1. The predicted molar refractivity (Wildman–Crippen MR) is 79.9 cm³/mol. The lowest BCUT2D eigenvalue weighted by Crippen LogP contribution is -2.61. The number of amides is 1. The van der Waals surface area contributed by atoms with Gasteiger partial charge in [-0.3, -0.25) is 14.5 Å². The van der Waals surface area contributed by atoms with Crippen LogP contribution in [0.25, 0.3) is 0 Å². The van der Waals surface area contributed by atoms with Crippen LogP contribution in [0.1, 0.15) is 25.0 Å². The summed E-state index contributed by atoms with van der Waals surface area (Å²) < 4.78 is 0. The normalized spacial score (nSPS) is 18.8. The van der Waals surface area contributed by atoms with Crippen LogP contribution in [0.4, 0.5) is 0 Å². The highest BCUT2D eigenvalue weighted by Crippen LogP contribution is 2.24. The molecule has 1 aliphatic rings. The van der Waals surface area contributed by atoms with Gasteiger partial charge in [-0.15, -0.1) is 0 Å². The average molecular weight is 290 g/mol. The van der Waals surface area contributed by atoms with Crippen LogP contribution in [0, 0.1) is 0 Å². The summed E-state index contributed by atoms with van der Waals surface area (Å²) in [6, 6.07) is 7.57. The van der Waals surface area contributed by atoms with Crippen molar-refractivity contribution in [3.05, 3.63) is 35.4 Å². The molecule has 1 aromatic carbocycles. The minimum Gasteiger partial charge on any atom is -0.481 e. The molecule has 1 fully saturated rings. The third-order valence-electron chi connectivity index (χ3n) is 4.12. The van der Waals surface area contributed by atoms with Crippen molar-refractivity contribution in [3.63, 3.8) is 0 Å². The molecule has 1 aliphatic heterocycles. The number of carboxylic acid groups (broad SMARTS) is 1. The largest absolute Gasteiger partial charge is 0.481 e. The molecule has 0 radical (unpaired) electrons. The highest BCUT2D eigenvalue weighted by atomic mass is 16.4. The van der Waals surface area contributed by atoms with Crippen LogP contribution in [0.5, 0.6) is 0 Å². The van der Waals surface area contributed by atoms with Crippen LogP contribution < -0.4 is 0 Å². The smallest absolute Gasteiger partial charge is 0.307 e. The van der Waals surface area contributed by atoms with Crippen LogP contribution in [0.3, 0.4) is 0 Å². The lowest BCUT2D eigenvalue weighted by molar-refractivity contribution is -0.147. The fraction of sp³-hybridized carbons (Fsp3) is 0.500. The van der Waals surface area contributed by atoms with Crippen molar-refractivity contribution in [3.8, 4) is 0 Å². The lowest BCUT2D eigenvalue weighted by atomic mass is 9.96. The zero-order valence-electron chi connectivity index (χ0n) is 12.8. The Bertz CT molecular complexity index is 537. The molecular weight excluding hydrogens is 268 g/mol. The summed E-state index contributed by atoms with van der Waals surface area (Å²) in [6.45, 7) is 6.17. The summed E-state index contributed by atoms with van der Waals surface area (Å²) in [6.07, 6.45) is 0.0404. The molecule has 114 valence electrons. The van der Waals surface area contributed by atoms with Crippen LogP contribution in [0.15, 0.2) is 24.3 Å². The lowest BCUT2D eigenvalue weighted by Gasteiger charge is -2.44. The fourth-order valence-electron chi connectivity index (χ4n) is 2.69. The van der Waals surface area contributed by atoms with E-state index >= 15 is 0 Å². The Morgan fingerprint density at radius 1 is 1.19 bits per heavy atom. The fourth-order valence-corrected chi connectivity index (χ4v) is 2.69. The summed E-state index contributed by atoms with van der Waals surface area (Å²) in [7, 11) is 1.84. The monoisotopic (exact) mass is 290 g/mol. The van der Waals surface area contributed by atoms with Gasteiger partial charge in [-0.25, -0.2) is 0 Å². The van der Waals surface area contributed by atoms with Crippen molar-refractivity contribution < 1.29 is 14.7 Å². The first-order chi connectivity index (χ1) is 9.80. The number of carboxylic acids is 1. The summed E-state index contributed by atoms with van der Waals surface area (Å²) in [5.74, 6) is -0.690. The maximum atomic E-state index is 12.2. The van der Waals surface area contributed by atoms with Gasteiger partial charge in [0.05, 0.1) is 12.0 Å². The molecule has 0 unspecified atom stereocenters. The van der Waals surface area contributed by atoms with E-state index in [0.29, 0.717) is 6.54 Å². The zero-order valence-corrected chi connectivity index (χ0v) is 12.8. The zero-order chi connectivity index (χ0) is 15.6. The van der Waals surface area contributed by atoms with E-state index in [0.717, 1.165) is 24.2 Å². The first-order valence-corrected chi connectivity index (χ1v) is 7.11. The SMILES string of the molecule is CN1CCN(Cc2ccc(CC(=O)O)cc2)C(C)(C)C1=O. The number of aliphatic carboxylic acids is 1. The molecule has 1 N–H and O–H groups in total. The summed E-state index contributed by atoms with van der Waals surface area (Å²) in [5, 5.41) is 8.77. The number of benzene rings is 1. The third kappa shape index (κ3) is 3.42. The number of hydrogen-bond donors (Lipinski definition) is 1. The van der Waals surface area contributed by atoms with Gasteiger partial charge in [0.1, 0.15) is 0 Å². The Morgan fingerprint density at radius 2 is 1.76 bits per heavy atom. The molecule has 21 heavy (non-hydrogen) atoms. The molecule has 0 saturated carbocycles. The summed E-state index contributed by atoms with van der Waals surface area (Å²) >= 11 is 0. The Balaban J connectivity index is 2.07. The predicted octanol–water partition coefficient (Wildman–Crippen LogP) is 1.37. The van der Waals surface area contributed by atoms with E-state index in [1.807, 2.05) is 45.2 Å². The van der Waals surface area contributed by atoms with Gasteiger partial charge in [-0.1, -0.05) is 24.3 Å². The average Bonchev–Trinajstić information content (AvgIpc) is 2.41. The number of carbonyl (C=O) groups is 2. The standard InChI is InChI=1S/C16H22N2O3/c1-16(2)15(21)17(3)8-9-18(16)11-13-6-4-12(5-7-13)10-14(19)20/h4-7H,8-11H2,1-3H3,(H,19,20). The maximum absolute atomic E-state index is 12.2. The Hall–Kier alpha value is -1.88. The molecule has 0 spiro atoms. The van der Waals surface area contributed by atoms with E-state index in [9.17, 15) is 9.59 Å². The van der Waals surface area contributed by atoms with Gasteiger partial charge in [0.15, 0.2) is 0 Å². The van der Waals surface area contributed by atoms with Gasteiger partial charge in [0, 0.05) is 26.7 Å². The molecule has 1 aromatic rings. The van der Waals surface area contributed by atoms with Crippen molar-refractivity contribution in [1.29, 1.82) is 0 Å². The van der Waals surface area contributed by atoms with Gasteiger partial charge in [0.25, 0.3) is 0 Å². The van der Waals surface area contributed by atoms with E-state index in [1.165, 1.54) is 0 Å². The van der Waals surface area contributed by atoms with Gasteiger partial charge < -0.3 is 10.0 Å². The van der Waals surface area contributed by atoms with Crippen molar-refractivity contribution in [2.24, 2.45) is 0 Å². The highest BCUT2D eigenvalue weighted by Gasteiger charge is 2.40. The quantitative estimate of drug-likeness (QED) is 0.909. The van der Waals surface area contributed by atoms with E-state index in [1.54, 1.807) is 4.90 Å². The van der Waals surface area contributed by atoms with Gasteiger partial charge in [-0.05, 0) is 25.0 Å². The third-order valence-corrected chi connectivity index (χ3v) is 4.12. The van der Waals surface area contributed by atoms with Gasteiger partial charge in [0.2, 0.25) is 5.91 Å². The van der Waals surface area contributed by atoms with Gasteiger partial charge >= 0.3 is 5.97 Å². The Kier molecular flexibility index (Phi) is 4.32. The minimum atomic E-state index is -0.825. The second-order valence-corrected chi connectivity index (χ2v) is 6.09. The molecule has 2 rings (SSSR count). The van der Waals surface area contributed by atoms with Crippen molar-refractivity contribution in [1.82, 2.24) is 9.80 Å². The van der Waals surface area contributed by atoms with E-state index < -0.39 is 11.5 Å². The molecule has 0 aromatic heterocycles. The molecule has 0 atom stereocenters. The molecule has 5 heteroatoms. The Labute approximate surface area is 125 Å². The first kappa shape index (κ1) is 15.5. The molecule has 1 amide bonds. The Morgan fingerprint density at radius 3 is 2.33 bits per heavy atom. The van der Waals surface area contributed by atoms with Crippen molar-refractivity contribution >= 4 is 11.9 Å². The van der Waals surface area contributed by atoms with Crippen LogP contribution in [-0.2, 0) is 22.6 Å². The molecule has 5 nitrogen and oxygen atoms in total. The second-order valence-electron chi connectivity index (χ2n) is 6.09. The highest BCUT2D eigenvalue weighted by molar-refractivity contribution is 5.86. The van der Waals surface area contributed by atoms with Crippen LogP contribution in [0.2, 0.25) is 0 Å². The molecule has 1 heterocycles. The summed E-state index contributed by atoms with van der Waals surface area (Å²) in [4.78, 5) is 26.9. The maximum Gasteiger partial charge on any atom is 0.307 e. The number of piperazine rings is 1. The number of carbonyl (C=O) groups excluding carboxylic acids is 1. The van der Waals surface area contributed by atoms with Crippen molar-refractivity contribution in [2.45, 2.75) is 32.4 Å². The minimum absolute atomic E-state index is 0.0404. The van der Waals surface area contributed by atoms with Crippen LogP contribution >= 0.6 is 0 Å². The number of hydrogen-bond acceptors (Lipinski definition) is 3. The topological polar surface area (TPSA) is 60.9 Å². The first-order valence-electron chi connectivity index (χ1n) is 7.11. The van der Waals surface area contributed by atoms with E-state index in [4.69, 9.17) is 5.11 Å². The van der Waals surface area contributed by atoms with E-state index in [-0.39, 0.29) is 12.3 Å². The molecule has 0 bridgehead atoms. The number of nitrogens with zero attached hydrogens (tertiary/aromatic N) is 2. The van der Waals surface area contributed by atoms with Crippen LogP contribution in [-0.4, -0.2) is 52.5 Å².